The van der Waals surface area contributed by atoms with Gasteiger partial charge in [0.25, 0.3) is 0 Å². The molecular weight excluding hydrogens is 288 g/mol. The van der Waals surface area contributed by atoms with Gasteiger partial charge in [0.1, 0.15) is 6.54 Å². The average Bonchev–Trinajstić information content (AvgIpc) is 2.37. The molecule has 0 unspecified atom stereocenters. The number of carbonyl (C=O) groups excluding carboxylic acids is 1. The van der Waals surface area contributed by atoms with Crippen LogP contribution in [0.25, 0.3) is 0 Å². The van der Waals surface area contributed by atoms with E-state index in [9.17, 15) is 18.0 Å². The number of carboxylic acids is 1. The fourth-order valence-electron chi connectivity index (χ4n) is 1.43. The van der Waals surface area contributed by atoms with Crippen LogP contribution in [0.3, 0.4) is 0 Å². The number of benzene rings is 1. The highest BCUT2D eigenvalue weighted by Crippen LogP contribution is 2.22. The maximum absolute atomic E-state index is 12.3. The maximum atomic E-state index is 12.3. The molecule has 110 valence electrons. The Morgan fingerprint density at radius 3 is 2.50 bits per heavy atom. The summed E-state index contributed by atoms with van der Waals surface area (Å²) in [5.74, 6) is -2.17. The molecule has 1 aromatic rings. The average molecular weight is 302 g/mol. The molecule has 9 heteroatoms. The number of methoxy groups -OCH3 is 1. The van der Waals surface area contributed by atoms with E-state index in [1.165, 1.54) is 6.07 Å². The largest absolute Gasteiger partial charge is 0.478 e. The monoisotopic (exact) mass is 302 g/mol. The molecule has 0 aliphatic carbocycles. The van der Waals surface area contributed by atoms with Crippen LogP contribution in [0.15, 0.2) is 23.1 Å². The van der Waals surface area contributed by atoms with Gasteiger partial charge < -0.3 is 15.6 Å². The fraction of sp³-hybridized carbons (Fsp3) is 0.273. The molecule has 0 radical (unpaired) electrons. The minimum atomic E-state index is -4.17. The molecule has 0 bridgehead atoms. The molecule has 0 heterocycles. The lowest BCUT2D eigenvalue weighted by atomic mass is 10.2. The Labute approximate surface area is 115 Å². The molecule has 0 fully saturated rings. The summed E-state index contributed by atoms with van der Waals surface area (Å²) in [6.45, 7) is -0.535. The number of aromatic carboxylic acids is 1. The second kappa shape index (κ2) is 5.88. The summed E-state index contributed by atoms with van der Waals surface area (Å²) in [7, 11) is -1.91. The van der Waals surface area contributed by atoms with Crippen molar-refractivity contribution in [3.8, 4) is 0 Å². The van der Waals surface area contributed by atoms with Crippen LogP contribution in [-0.4, -0.2) is 50.5 Å². The van der Waals surface area contributed by atoms with E-state index in [2.05, 4.69) is 4.74 Å². The first-order valence-corrected chi connectivity index (χ1v) is 6.80. The lowest BCUT2D eigenvalue weighted by Crippen LogP contribution is -2.33. The van der Waals surface area contributed by atoms with Gasteiger partial charge in [-0.2, -0.15) is 4.31 Å². The van der Waals surface area contributed by atoms with E-state index in [-0.39, 0.29) is 5.69 Å². The zero-order valence-corrected chi connectivity index (χ0v) is 11.7. The Balaban J connectivity index is 3.31. The normalized spacial score (nSPS) is 11.3. The molecular formula is C11H14N2O6S. The summed E-state index contributed by atoms with van der Waals surface area (Å²) in [4.78, 5) is 21.7. The number of carboxylic acid groups (broad SMARTS) is 1. The van der Waals surface area contributed by atoms with Gasteiger partial charge in [0, 0.05) is 12.7 Å². The number of likely N-dealkylation sites (N-methyl/N-ethyl adjacent to an activating group) is 1. The van der Waals surface area contributed by atoms with Crippen molar-refractivity contribution in [2.24, 2.45) is 0 Å². The molecule has 0 aliphatic heterocycles. The number of rotatable bonds is 5. The van der Waals surface area contributed by atoms with Crippen molar-refractivity contribution in [2.75, 3.05) is 26.4 Å². The number of hydrogen-bond donors (Lipinski definition) is 2. The fourth-order valence-corrected chi connectivity index (χ4v) is 2.76. The summed E-state index contributed by atoms with van der Waals surface area (Å²) in [6.07, 6.45) is 0. The van der Waals surface area contributed by atoms with E-state index < -0.39 is 39.0 Å². The molecule has 0 aliphatic rings. The number of nitrogen functional groups attached to an aromatic ring is 1. The van der Waals surface area contributed by atoms with E-state index in [1.54, 1.807) is 0 Å². The first kappa shape index (κ1) is 15.9. The van der Waals surface area contributed by atoms with Crippen LogP contribution in [0, 0.1) is 0 Å². The summed E-state index contributed by atoms with van der Waals surface area (Å²) in [5.41, 5.74) is 5.16. The molecule has 0 saturated carbocycles. The first-order chi connectivity index (χ1) is 9.20. The van der Waals surface area contributed by atoms with E-state index in [4.69, 9.17) is 10.8 Å². The predicted molar refractivity (Wildman–Crippen MR) is 69.6 cm³/mol. The van der Waals surface area contributed by atoms with Gasteiger partial charge in [-0.05, 0) is 18.2 Å². The molecule has 0 saturated heterocycles. The van der Waals surface area contributed by atoms with E-state index >= 15 is 0 Å². The van der Waals surface area contributed by atoms with Crippen molar-refractivity contribution in [3.05, 3.63) is 23.8 Å². The molecule has 0 atom stereocenters. The number of nitrogens with two attached hydrogens (primary N) is 1. The van der Waals surface area contributed by atoms with Gasteiger partial charge >= 0.3 is 11.9 Å². The molecule has 8 nitrogen and oxygen atoms in total. The zero-order valence-electron chi connectivity index (χ0n) is 10.9. The molecule has 0 amide bonds. The zero-order chi connectivity index (χ0) is 15.5. The quantitative estimate of drug-likeness (QED) is 0.567. The minimum Gasteiger partial charge on any atom is -0.478 e. The number of sulfonamides is 1. The Morgan fingerprint density at radius 1 is 1.40 bits per heavy atom. The summed E-state index contributed by atoms with van der Waals surface area (Å²) < 4.78 is 29.6. The Hall–Kier alpha value is -2.13. The van der Waals surface area contributed by atoms with Gasteiger partial charge in [0.2, 0.25) is 10.0 Å². The van der Waals surface area contributed by atoms with Crippen molar-refractivity contribution in [1.29, 1.82) is 0 Å². The van der Waals surface area contributed by atoms with Crippen LogP contribution in [-0.2, 0) is 19.6 Å². The van der Waals surface area contributed by atoms with Crippen LogP contribution in [0.2, 0.25) is 0 Å². The van der Waals surface area contributed by atoms with Crippen molar-refractivity contribution in [3.63, 3.8) is 0 Å². The van der Waals surface area contributed by atoms with Crippen molar-refractivity contribution < 1.29 is 27.9 Å². The Kier molecular flexibility index (Phi) is 4.69. The number of esters is 1. The number of nitrogens with zero attached hydrogens (tertiary/aromatic N) is 1. The smallest absolute Gasteiger partial charge is 0.337 e. The molecule has 0 spiro atoms. The second-order valence-electron chi connectivity index (χ2n) is 3.90. The third-order valence-corrected chi connectivity index (χ3v) is 4.35. The van der Waals surface area contributed by atoms with Gasteiger partial charge in [0.05, 0.1) is 17.6 Å². The lowest BCUT2D eigenvalue weighted by Gasteiger charge is -2.17. The van der Waals surface area contributed by atoms with E-state index in [0.717, 1.165) is 26.3 Å². The van der Waals surface area contributed by atoms with E-state index in [0.29, 0.717) is 4.31 Å². The maximum Gasteiger partial charge on any atom is 0.337 e. The standard InChI is InChI=1S/C11H14N2O6S/c1-13(6-10(14)19-2)20(17,18)9-5-7(12)3-4-8(9)11(15)16/h3-5H,6,12H2,1-2H3,(H,15,16). The van der Waals surface area contributed by atoms with Crippen LogP contribution < -0.4 is 5.73 Å². The highest BCUT2D eigenvalue weighted by molar-refractivity contribution is 7.89. The molecule has 20 heavy (non-hydrogen) atoms. The first-order valence-electron chi connectivity index (χ1n) is 5.36. The molecule has 1 aromatic carbocycles. The van der Waals surface area contributed by atoms with Gasteiger partial charge in [-0.25, -0.2) is 13.2 Å². The van der Waals surface area contributed by atoms with Crippen LogP contribution in [0.5, 0.6) is 0 Å². The number of carbonyl (C=O) groups is 2. The summed E-state index contributed by atoms with van der Waals surface area (Å²) in [6, 6.07) is 3.41. The number of anilines is 1. The van der Waals surface area contributed by atoms with E-state index in [1.807, 2.05) is 0 Å². The van der Waals surface area contributed by atoms with Crippen LogP contribution >= 0.6 is 0 Å². The van der Waals surface area contributed by atoms with Gasteiger partial charge in [-0.1, -0.05) is 0 Å². The highest BCUT2D eigenvalue weighted by Gasteiger charge is 2.28. The summed E-state index contributed by atoms with van der Waals surface area (Å²) >= 11 is 0. The van der Waals surface area contributed by atoms with Crippen molar-refractivity contribution in [2.45, 2.75) is 4.90 Å². The van der Waals surface area contributed by atoms with Crippen molar-refractivity contribution in [1.82, 2.24) is 4.31 Å². The number of ether oxygens (including phenoxy) is 1. The molecule has 3 N–H and O–H groups in total. The highest BCUT2D eigenvalue weighted by atomic mass is 32.2. The lowest BCUT2D eigenvalue weighted by molar-refractivity contribution is -0.140. The molecule has 0 aromatic heterocycles. The van der Waals surface area contributed by atoms with Crippen LogP contribution in [0.1, 0.15) is 10.4 Å². The Morgan fingerprint density at radius 2 is 2.00 bits per heavy atom. The van der Waals surface area contributed by atoms with Gasteiger partial charge in [0.15, 0.2) is 0 Å². The van der Waals surface area contributed by atoms with Crippen LogP contribution in [0.4, 0.5) is 5.69 Å². The minimum absolute atomic E-state index is 0.0973. The molecule has 1 rings (SSSR count). The topological polar surface area (TPSA) is 127 Å². The second-order valence-corrected chi connectivity index (χ2v) is 5.91. The third-order valence-electron chi connectivity index (χ3n) is 2.50. The van der Waals surface area contributed by atoms with Crippen molar-refractivity contribution >= 4 is 27.6 Å². The van der Waals surface area contributed by atoms with Gasteiger partial charge in [-0.15, -0.1) is 0 Å². The Bertz CT molecular complexity index is 640. The third kappa shape index (κ3) is 3.25. The SMILES string of the molecule is COC(=O)CN(C)S(=O)(=O)c1cc(N)ccc1C(=O)O. The van der Waals surface area contributed by atoms with Gasteiger partial charge in [-0.3, -0.25) is 4.79 Å². The number of hydrogen-bond acceptors (Lipinski definition) is 6. The summed E-state index contributed by atoms with van der Waals surface area (Å²) in [5, 5.41) is 9.01. The predicted octanol–water partition coefficient (Wildman–Crippen LogP) is -0.239.